The van der Waals surface area contributed by atoms with Crippen LogP contribution in [0.15, 0.2) is 69.9 Å². The Labute approximate surface area is 231 Å². The third kappa shape index (κ3) is 8.80. The number of nitrogens with zero attached hydrogens (tertiary/aromatic N) is 6. The van der Waals surface area contributed by atoms with Gasteiger partial charge in [-0.05, 0) is 67.1 Å². The summed E-state index contributed by atoms with van der Waals surface area (Å²) in [6, 6.07) is 11.6. The van der Waals surface area contributed by atoms with Gasteiger partial charge in [0, 0.05) is 45.7 Å². The summed E-state index contributed by atoms with van der Waals surface area (Å²) < 4.78 is 43.4. The third-order valence-corrected chi connectivity index (χ3v) is 6.82. The van der Waals surface area contributed by atoms with Crippen LogP contribution in [-0.4, -0.2) is 69.7 Å². The summed E-state index contributed by atoms with van der Waals surface area (Å²) in [6.45, 7) is 7.17. The molecule has 1 saturated heterocycles. The van der Waals surface area contributed by atoms with Crippen LogP contribution < -0.4 is 5.69 Å². The molecule has 0 saturated carbocycles. The van der Waals surface area contributed by atoms with Gasteiger partial charge in [-0.25, -0.2) is 9.36 Å². The standard InChI is InChI=1S/C28H35F3N6O3/c1-21(17-34(3)20-33-32-2)24-8-6-9-25(16-24)36-12-5-4-7-23(19-37(27(36)40)28(29,30)31)18-35-13-10-22(11-14-35)15-26(38)39/h4-9,12,16,19-22H,2,10-11,13-15,17-18H2,1,3H3,(H,38,39)/b7-4?,12-5?,23-19?,33-20-/t21-/m0/s1. The topological polar surface area (TPSA) is 95.4 Å². The first-order valence-corrected chi connectivity index (χ1v) is 13.0. The summed E-state index contributed by atoms with van der Waals surface area (Å²) in [4.78, 5) is 28.1. The van der Waals surface area contributed by atoms with E-state index in [1.807, 2.05) is 29.8 Å². The highest BCUT2D eigenvalue weighted by atomic mass is 19.4. The maximum Gasteiger partial charge on any atom is 0.492 e. The zero-order valence-corrected chi connectivity index (χ0v) is 22.7. The molecular formula is C28H35F3N6O3. The minimum absolute atomic E-state index is 0.0254. The molecule has 1 N–H and O–H groups in total. The number of rotatable bonds is 10. The number of carboxylic acid groups (broad SMARTS) is 1. The molecule has 1 aliphatic heterocycles. The van der Waals surface area contributed by atoms with Crippen molar-refractivity contribution in [3.05, 3.63) is 76.5 Å². The molecule has 1 fully saturated rings. The van der Waals surface area contributed by atoms with E-state index in [-0.39, 0.29) is 29.4 Å². The van der Waals surface area contributed by atoms with Gasteiger partial charge in [0.15, 0.2) is 0 Å². The monoisotopic (exact) mass is 560 g/mol. The first-order valence-electron chi connectivity index (χ1n) is 13.0. The molecule has 1 aromatic heterocycles. The fourth-order valence-electron chi connectivity index (χ4n) is 4.77. The smallest absolute Gasteiger partial charge is 0.481 e. The first kappa shape index (κ1) is 30.6. The number of hydrogen-bond acceptors (Lipinski definition) is 5. The van der Waals surface area contributed by atoms with Crippen molar-refractivity contribution >= 4 is 19.0 Å². The zero-order valence-electron chi connectivity index (χ0n) is 22.7. The average molecular weight is 561 g/mol. The van der Waals surface area contributed by atoms with Gasteiger partial charge in [-0.2, -0.15) is 5.10 Å². The molecule has 2 heterocycles. The predicted molar refractivity (Wildman–Crippen MR) is 148 cm³/mol. The van der Waals surface area contributed by atoms with Crippen LogP contribution in [0.2, 0.25) is 0 Å². The number of piperidine rings is 1. The van der Waals surface area contributed by atoms with E-state index in [0.29, 0.717) is 43.7 Å². The van der Waals surface area contributed by atoms with Gasteiger partial charge in [0.2, 0.25) is 0 Å². The highest BCUT2D eigenvalue weighted by Crippen LogP contribution is 2.24. The van der Waals surface area contributed by atoms with Crippen molar-refractivity contribution in [2.24, 2.45) is 16.1 Å². The summed E-state index contributed by atoms with van der Waals surface area (Å²) >= 11 is 0. The average Bonchev–Trinajstić information content (AvgIpc) is 2.97. The van der Waals surface area contributed by atoms with Gasteiger partial charge in [0.25, 0.3) is 0 Å². The lowest BCUT2D eigenvalue weighted by molar-refractivity contribution is -0.207. The second kappa shape index (κ2) is 13.9. The Morgan fingerprint density at radius 1 is 1.23 bits per heavy atom. The molecule has 0 bridgehead atoms. The van der Waals surface area contributed by atoms with E-state index in [9.17, 15) is 22.8 Å². The van der Waals surface area contributed by atoms with Gasteiger partial charge in [0.1, 0.15) is 6.34 Å². The third-order valence-electron chi connectivity index (χ3n) is 6.82. The molecule has 0 radical (unpaired) electrons. The molecule has 40 heavy (non-hydrogen) atoms. The van der Waals surface area contributed by atoms with Crippen LogP contribution in [0, 0.1) is 5.92 Å². The van der Waals surface area contributed by atoms with Crippen LogP contribution in [0.25, 0.3) is 5.69 Å². The van der Waals surface area contributed by atoms with Crippen molar-refractivity contribution in [2.75, 3.05) is 26.7 Å². The normalized spacial score (nSPS) is 15.5. The minimum Gasteiger partial charge on any atom is -0.481 e. The summed E-state index contributed by atoms with van der Waals surface area (Å²) in [5.74, 6) is -0.818. The van der Waals surface area contributed by atoms with Crippen molar-refractivity contribution in [3.63, 3.8) is 0 Å². The van der Waals surface area contributed by atoms with Gasteiger partial charge < -0.3 is 10.0 Å². The summed E-state index contributed by atoms with van der Waals surface area (Å²) in [5, 5.41) is 16.2. The van der Waals surface area contributed by atoms with Gasteiger partial charge in [-0.1, -0.05) is 31.2 Å². The molecule has 216 valence electrons. The maximum atomic E-state index is 14.2. The van der Waals surface area contributed by atoms with Gasteiger partial charge >= 0.3 is 18.0 Å². The number of alkyl halides is 3. The second-order valence-corrected chi connectivity index (χ2v) is 10.0. The molecule has 0 spiro atoms. The number of carbonyl (C=O) groups is 1. The summed E-state index contributed by atoms with van der Waals surface area (Å²) in [7, 11) is 1.82. The molecular weight excluding hydrogens is 525 g/mol. The number of likely N-dealkylation sites (N-methyl/N-ethyl adjacent to an activating group) is 1. The van der Waals surface area contributed by atoms with Crippen molar-refractivity contribution in [3.8, 4) is 5.69 Å². The maximum absolute atomic E-state index is 14.2. The van der Waals surface area contributed by atoms with E-state index in [2.05, 4.69) is 16.9 Å². The predicted octanol–water partition coefficient (Wildman–Crippen LogP) is 4.61. The highest BCUT2D eigenvalue weighted by Gasteiger charge is 2.32. The molecule has 0 amide bonds. The van der Waals surface area contributed by atoms with Crippen LogP contribution >= 0.6 is 0 Å². The van der Waals surface area contributed by atoms with Crippen molar-refractivity contribution in [1.29, 1.82) is 0 Å². The molecule has 3 rings (SSSR count). The second-order valence-electron chi connectivity index (χ2n) is 10.0. The van der Waals surface area contributed by atoms with Crippen LogP contribution in [0.3, 0.4) is 0 Å². The van der Waals surface area contributed by atoms with Crippen LogP contribution in [0.5, 0.6) is 0 Å². The summed E-state index contributed by atoms with van der Waals surface area (Å²) in [5.41, 5.74) is 0.197. The number of benzene rings is 1. The Bertz CT molecular complexity index is 1310. The Kier molecular flexibility index (Phi) is 10.7. The van der Waals surface area contributed by atoms with Crippen molar-refractivity contribution in [1.82, 2.24) is 18.9 Å². The number of halogens is 3. The van der Waals surface area contributed by atoms with E-state index in [4.69, 9.17) is 5.11 Å². The Morgan fingerprint density at radius 3 is 2.60 bits per heavy atom. The summed E-state index contributed by atoms with van der Waals surface area (Å²) in [6.07, 6.45) is 0.138. The van der Waals surface area contributed by atoms with Crippen LogP contribution in [0.1, 0.15) is 43.2 Å². The fraction of sp³-hybridized carbons (Fsp3) is 0.429. The number of aromatic nitrogens is 2. The number of aliphatic carboxylic acids is 1. The van der Waals surface area contributed by atoms with Crippen molar-refractivity contribution in [2.45, 2.75) is 44.9 Å². The molecule has 0 aliphatic carbocycles. The van der Waals surface area contributed by atoms with Crippen molar-refractivity contribution < 1.29 is 23.1 Å². The molecule has 1 aliphatic rings. The van der Waals surface area contributed by atoms with Gasteiger partial charge in [-0.3, -0.25) is 14.3 Å². The quantitative estimate of drug-likeness (QED) is 0.260. The minimum atomic E-state index is -4.95. The van der Waals surface area contributed by atoms with E-state index in [1.165, 1.54) is 18.6 Å². The molecule has 1 aromatic carbocycles. The number of carboxylic acids is 1. The fourth-order valence-corrected chi connectivity index (χ4v) is 4.77. The Hall–Kier alpha value is -3.93. The lowest BCUT2D eigenvalue weighted by Crippen LogP contribution is -2.36. The Morgan fingerprint density at radius 2 is 1.95 bits per heavy atom. The SMILES string of the molecule is C=N/N=C\N(C)C[C@H](C)c1cccc(-n2ccccc(CN3CCC(CC(=O)O)CC3)cn(C(F)(F)F)c2=O)c1. The Balaban J connectivity index is 1.95. The number of likely N-dealkylation sites (tertiary alicyclic amines) is 1. The highest BCUT2D eigenvalue weighted by molar-refractivity contribution is 5.67. The van der Waals surface area contributed by atoms with Crippen LogP contribution in [-0.2, 0) is 17.6 Å². The first-order chi connectivity index (χ1) is 19.0. The zero-order chi connectivity index (χ0) is 29.3. The van der Waals surface area contributed by atoms with E-state index >= 15 is 0 Å². The molecule has 2 aromatic rings. The van der Waals surface area contributed by atoms with Gasteiger partial charge in [-0.15, -0.1) is 18.3 Å². The van der Waals surface area contributed by atoms with E-state index in [0.717, 1.165) is 16.3 Å². The largest absolute Gasteiger partial charge is 0.492 e. The molecule has 9 nitrogen and oxygen atoms in total. The number of hydrogen-bond donors (Lipinski definition) is 1. The van der Waals surface area contributed by atoms with E-state index in [1.54, 1.807) is 30.3 Å². The molecule has 0 unspecified atom stereocenters. The molecule has 12 heteroatoms. The van der Waals surface area contributed by atoms with Gasteiger partial charge in [0.05, 0.1) is 5.69 Å². The molecule has 1 atom stereocenters. The lowest BCUT2D eigenvalue weighted by atomic mass is 9.93. The lowest BCUT2D eigenvalue weighted by Gasteiger charge is -2.31. The van der Waals surface area contributed by atoms with Crippen LogP contribution in [0.4, 0.5) is 13.2 Å². The van der Waals surface area contributed by atoms with E-state index < -0.39 is 18.0 Å².